The maximum Gasteiger partial charge on any atom is 0.252 e. The summed E-state index contributed by atoms with van der Waals surface area (Å²) in [6.45, 7) is 4.43. The highest BCUT2D eigenvalue weighted by Crippen LogP contribution is 2.34. The molecule has 2 heterocycles. The van der Waals surface area contributed by atoms with Crippen molar-refractivity contribution in [2.45, 2.75) is 24.5 Å². The molecule has 0 aromatic carbocycles. The third-order valence-corrected chi connectivity index (χ3v) is 4.80. The van der Waals surface area contributed by atoms with Gasteiger partial charge in [0.2, 0.25) is 0 Å². The first-order valence-electron chi connectivity index (χ1n) is 6.66. The molecule has 0 spiro atoms. The van der Waals surface area contributed by atoms with Crippen molar-refractivity contribution in [2.24, 2.45) is 0 Å². The van der Waals surface area contributed by atoms with Crippen molar-refractivity contribution in [2.75, 3.05) is 25.5 Å². The van der Waals surface area contributed by atoms with Crippen LogP contribution in [-0.4, -0.2) is 41.1 Å². The van der Waals surface area contributed by atoms with E-state index in [9.17, 15) is 4.79 Å². The predicted molar refractivity (Wildman–Crippen MR) is 77.5 cm³/mol. The second-order valence-corrected chi connectivity index (χ2v) is 6.38. The molecule has 2 rings (SSSR count). The normalized spacial score (nSPS) is 17.9. The van der Waals surface area contributed by atoms with E-state index in [0.717, 1.165) is 31.8 Å². The van der Waals surface area contributed by atoms with Gasteiger partial charge in [-0.2, -0.15) is 11.8 Å². The van der Waals surface area contributed by atoms with E-state index in [-0.39, 0.29) is 10.7 Å². The molecule has 0 unspecified atom stereocenters. The number of nitrogens with zero attached hydrogens (tertiary/aromatic N) is 1. The van der Waals surface area contributed by atoms with Gasteiger partial charge >= 0.3 is 0 Å². The standard InChI is InChI=1S/C14H20N2O2S/c1-2-19-14(5-8-18-9-6-14)11-16-13(17)12-4-3-7-15-10-12/h3-4,7,10H,2,5-6,8-9,11H2,1H3,(H,16,17). The predicted octanol–water partition coefficient (Wildman–Crippen LogP) is 2.11. The summed E-state index contributed by atoms with van der Waals surface area (Å²) in [6, 6.07) is 3.56. The fourth-order valence-electron chi connectivity index (χ4n) is 2.26. The zero-order chi connectivity index (χ0) is 13.6. The van der Waals surface area contributed by atoms with Crippen LogP contribution in [-0.2, 0) is 4.74 Å². The number of rotatable bonds is 5. The van der Waals surface area contributed by atoms with Gasteiger partial charge in [-0.05, 0) is 30.7 Å². The van der Waals surface area contributed by atoms with Gasteiger partial charge in [-0.1, -0.05) is 6.92 Å². The Labute approximate surface area is 118 Å². The molecule has 19 heavy (non-hydrogen) atoms. The van der Waals surface area contributed by atoms with E-state index in [2.05, 4.69) is 17.2 Å². The van der Waals surface area contributed by atoms with Crippen molar-refractivity contribution in [1.29, 1.82) is 0 Å². The lowest BCUT2D eigenvalue weighted by Crippen LogP contribution is -2.44. The van der Waals surface area contributed by atoms with Crippen molar-refractivity contribution >= 4 is 17.7 Å². The molecular formula is C14H20N2O2S. The Morgan fingerprint density at radius 3 is 2.95 bits per heavy atom. The van der Waals surface area contributed by atoms with E-state index in [1.807, 2.05) is 11.8 Å². The van der Waals surface area contributed by atoms with E-state index in [1.54, 1.807) is 24.5 Å². The molecule has 1 aliphatic heterocycles. The van der Waals surface area contributed by atoms with Crippen molar-refractivity contribution in [3.8, 4) is 0 Å². The Morgan fingerprint density at radius 1 is 1.53 bits per heavy atom. The first-order chi connectivity index (χ1) is 9.26. The van der Waals surface area contributed by atoms with E-state index in [1.165, 1.54) is 0 Å². The first-order valence-corrected chi connectivity index (χ1v) is 7.64. The Bertz CT molecular complexity index is 400. The van der Waals surface area contributed by atoms with Crippen LogP contribution in [0, 0.1) is 0 Å². The Hall–Kier alpha value is -1.07. The summed E-state index contributed by atoms with van der Waals surface area (Å²) in [5.74, 6) is 1.01. The molecule has 1 saturated heterocycles. The van der Waals surface area contributed by atoms with Crippen LogP contribution < -0.4 is 5.32 Å². The summed E-state index contributed by atoms with van der Waals surface area (Å²) in [5, 5.41) is 3.04. The van der Waals surface area contributed by atoms with Gasteiger partial charge in [0.05, 0.1) is 5.56 Å². The molecule has 0 saturated carbocycles. The number of hydrogen-bond acceptors (Lipinski definition) is 4. The minimum atomic E-state index is -0.0457. The number of carbonyl (C=O) groups excluding carboxylic acids is 1. The number of pyridine rings is 1. The topological polar surface area (TPSA) is 51.2 Å². The average Bonchev–Trinajstić information content (AvgIpc) is 2.47. The minimum absolute atomic E-state index is 0.0457. The fraction of sp³-hybridized carbons (Fsp3) is 0.571. The van der Waals surface area contributed by atoms with Crippen LogP contribution in [0.4, 0.5) is 0 Å². The molecular weight excluding hydrogens is 260 g/mol. The minimum Gasteiger partial charge on any atom is -0.381 e. The molecule has 1 fully saturated rings. The van der Waals surface area contributed by atoms with E-state index < -0.39 is 0 Å². The zero-order valence-corrected chi connectivity index (χ0v) is 12.0. The van der Waals surface area contributed by atoms with E-state index in [4.69, 9.17) is 4.74 Å². The van der Waals surface area contributed by atoms with Gasteiger partial charge in [0.1, 0.15) is 0 Å². The van der Waals surface area contributed by atoms with Crippen LogP contribution in [0.2, 0.25) is 0 Å². The van der Waals surface area contributed by atoms with E-state index in [0.29, 0.717) is 12.1 Å². The molecule has 1 aromatic heterocycles. The first kappa shape index (κ1) is 14.3. The maximum absolute atomic E-state index is 12.0. The number of ether oxygens (including phenoxy) is 1. The zero-order valence-electron chi connectivity index (χ0n) is 11.2. The molecule has 0 aliphatic carbocycles. The fourth-order valence-corrected chi connectivity index (χ4v) is 3.50. The van der Waals surface area contributed by atoms with Crippen LogP contribution in [0.3, 0.4) is 0 Å². The van der Waals surface area contributed by atoms with Crippen LogP contribution in [0.5, 0.6) is 0 Å². The third kappa shape index (κ3) is 3.94. The quantitative estimate of drug-likeness (QED) is 0.897. The van der Waals surface area contributed by atoms with Crippen molar-refractivity contribution in [3.63, 3.8) is 0 Å². The smallest absolute Gasteiger partial charge is 0.252 e. The lowest BCUT2D eigenvalue weighted by molar-refractivity contribution is 0.0741. The highest BCUT2D eigenvalue weighted by Gasteiger charge is 2.33. The van der Waals surface area contributed by atoms with Gasteiger partial charge in [-0.15, -0.1) is 0 Å². The lowest BCUT2D eigenvalue weighted by atomic mass is 9.99. The molecule has 1 aliphatic rings. The Balaban J connectivity index is 1.93. The van der Waals surface area contributed by atoms with Crippen LogP contribution >= 0.6 is 11.8 Å². The molecule has 5 heteroatoms. The highest BCUT2D eigenvalue weighted by molar-refractivity contribution is 8.00. The Kier molecular flexibility index (Phi) is 5.22. The number of nitrogens with one attached hydrogen (secondary N) is 1. The summed E-state index contributed by atoms with van der Waals surface area (Å²) in [5.41, 5.74) is 0.617. The van der Waals surface area contributed by atoms with Crippen molar-refractivity contribution < 1.29 is 9.53 Å². The second kappa shape index (κ2) is 6.91. The highest BCUT2D eigenvalue weighted by atomic mass is 32.2. The van der Waals surface area contributed by atoms with Crippen LogP contribution in [0.1, 0.15) is 30.1 Å². The number of hydrogen-bond donors (Lipinski definition) is 1. The van der Waals surface area contributed by atoms with Gasteiger partial charge < -0.3 is 10.1 Å². The average molecular weight is 280 g/mol. The van der Waals surface area contributed by atoms with Gasteiger partial charge in [0.15, 0.2) is 0 Å². The maximum atomic E-state index is 12.0. The van der Waals surface area contributed by atoms with Gasteiger partial charge in [-0.3, -0.25) is 9.78 Å². The van der Waals surface area contributed by atoms with Gasteiger partial charge in [0.25, 0.3) is 5.91 Å². The van der Waals surface area contributed by atoms with Gasteiger partial charge in [0, 0.05) is 36.9 Å². The molecule has 0 radical (unpaired) electrons. The number of thioether (sulfide) groups is 1. The molecule has 1 amide bonds. The largest absolute Gasteiger partial charge is 0.381 e. The molecule has 1 aromatic rings. The summed E-state index contributed by atoms with van der Waals surface area (Å²) in [4.78, 5) is 16.0. The van der Waals surface area contributed by atoms with Crippen molar-refractivity contribution in [3.05, 3.63) is 30.1 Å². The molecule has 104 valence electrons. The Morgan fingerprint density at radius 2 is 2.32 bits per heavy atom. The lowest BCUT2D eigenvalue weighted by Gasteiger charge is -2.36. The summed E-state index contributed by atoms with van der Waals surface area (Å²) < 4.78 is 5.56. The molecule has 1 N–H and O–H groups in total. The molecule has 0 atom stereocenters. The monoisotopic (exact) mass is 280 g/mol. The summed E-state index contributed by atoms with van der Waals surface area (Å²) in [7, 11) is 0. The second-order valence-electron chi connectivity index (χ2n) is 4.65. The van der Waals surface area contributed by atoms with E-state index >= 15 is 0 Å². The van der Waals surface area contributed by atoms with Crippen molar-refractivity contribution in [1.82, 2.24) is 10.3 Å². The van der Waals surface area contributed by atoms with Crippen LogP contribution in [0.25, 0.3) is 0 Å². The molecule has 0 bridgehead atoms. The molecule has 4 nitrogen and oxygen atoms in total. The number of carbonyl (C=O) groups is 1. The SMILES string of the molecule is CCSC1(CNC(=O)c2cccnc2)CCOCC1. The number of aromatic nitrogens is 1. The summed E-state index contributed by atoms with van der Waals surface area (Å²) >= 11 is 1.93. The third-order valence-electron chi connectivity index (χ3n) is 3.35. The number of amides is 1. The van der Waals surface area contributed by atoms with Gasteiger partial charge in [-0.25, -0.2) is 0 Å². The van der Waals surface area contributed by atoms with Crippen LogP contribution in [0.15, 0.2) is 24.5 Å². The summed E-state index contributed by atoms with van der Waals surface area (Å²) in [6.07, 6.45) is 5.26.